The summed E-state index contributed by atoms with van der Waals surface area (Å²) in [6, 6.07) is 0.770. The summed E-state index contributed by atoms with van der Waals surface area (Å²) in [6.07, 6.45) is 3.61. The Balaban J connectivity index is 1.84. The van der Waals surface area contributed by atoms with Crippen LogP contribution in [0.3, 0.4) is 0 Å². The van der Waals surface area contributed by atoms with Crippen molar-refractivity contribution in [3.05, 3.63) is 5.82 Å². The normalized spacial score (nSPS) is 15.9. The number of nitrogens with one attached hydrogen (secondary N) is 2. The van der Waals surface area contributed by atoms with E-state index >= 15 is 0 Å². The minimum atomic E-state index is 0.770. The Labute approximate surface area is 83.9 Å². The van der Waals surface area contributed by atoms with Crippen molar-refractivity contribution in [3.8, 4) is 0 Å². The van der Waals surface area contributed by atoms with Crippen LogP contribution in [-0.2, 0) is 13.5 Å². The van der Waals surface area contributed by atoms with Gasteiger partial charge in [0.2, 0.25) is 5.95 Å². The summed E-state index contributed by atoms with van der Waals surface area (Å²) in [5, 5.41) is 14.6. The zero-order valence-electron chi connectivity index (χ0n) is 8.75. The first-order chi connectivity index (χ1) is 6.81. The zero-order chi connectivity index (χ0) is 9.97. The molecule has 0 radical (unpaired) electrons. The highest BCUT2D eigenvalue weighted by Crippen LogP contribution is 2.18. The molecule has 1 heterocycles. The lowest BCUT2D eigenvalue weighted by Crippen LogP contribution is -2.20. The SMILES string of the molecule is CNc1nnc(CCNC2CC2)n1C. The van der Waals surface area contributed by atoms with Crippen LogP contribution >= 0.6 is 0 Å². The summed E-state index contributed by atoms with van der Waals surface area (Å²) in [5.74, 6) is 1.86. The molecule has 1 aromatic rings. The Hall–Kier alpha value is -1.10. The van der Waals surface area contributed by atoms with Crippen LogP contribution in [0.2, 0.25) is 0 Å². The number of nitrogens with zero attached hydrogens (tertiary/aromatic N) is 3. The standard InChI is InChI=1S/C9H17N5/c1-10-9-13-12-8(14(9)2)5-6-11-7-3-4-7/h7,11H,3-6H2,1-2H3,(H,10,13). The quantitative estimate of drug-likeness (QED) is 0.702. The molecular weight excluding hydrogens is 178 g/mol. The third-order valence-corrected chi connectivity index (χ3v) is 2.55. The Morgan fingerprint density at radius 3 is 2.79 bits per heavy atom. The maximum absolute atomic E-state index is 4.11. The first-order valence-corrected chi connectivity index (χ1v) is 5.10. The highest BCUT2D eigenvalue weighted by molar-refractivity contribution is 5.23. The molecule has 5 heteroatoms. The third kappa shape index (κ3) is 2.04. The highest BCUT2D eigenvalue weighted by atomic mass is 15.3. The predicted octanol–water partition coefficient (Wildman–Crippen LogP) is 0.151. The van der Waals surface area contributed by atoms with E-state index in [4.69, 9.17) is 0 Å². The smallest absolute Gasteiger partial charge is 0.224 e. The van der Waals surface area contributed by atoms with Gasteiger partial charge in [-0.05, 0) is 12.8 Å². The van der Waals surface area contributed by atoms with Gasteiger partial charge in [-0.2, -0.15) is 0 Å². The monoisotopic (exact) mass is 195 g/mol. The summed E-state index contributed by atoms with van der Waals surface area (Å²) < 4.78 is 1.99. The van der Waals surface area contributed by atoms with Crippen LogP contribution in [-0.4, -0.2) is 34.4 Å². The van der Waals surface area contributed by atoms with E-state index in [1.165, 1.54) is 12.8 Å². The minimum Gasteiger partial charge on any atom is -0.357 e. The minimum absolute atomic E-state index is 0.770. The molecule has 0 aromatic carbocycles. The van der Waals surface area contributed by atoms with Crippen molar-refractivity contribution in [1.82, 2.24) is 20.1 Å². The van der Waals surface area contributed by atoms with Crippen LogP contribution < -0.4 is 10.6 Å². The summed E-state index contributed by atoms with van der Waals surface area (Å²) >= 11 is 0. The molecule has 78 valence electrons. The van der Waals surface area contributed by atoms with Crippen LogP contribution in [0, 0.1) is 0 Å². The van der Waals surface area contributed by atoms with Crippen molar-refractivity contribution >= 4 is 5.95 Å². The van der Waals surface area contributed by atoms with Gasteiger partial charge in [-0.1, -0.05) is 0 Å². The highest BCUT2D eigenvalue weighted by Gasteiger charge is 2.20. The molecule has 0 atom stereocenters. The van der Waals surface area contributed by atoms with E-state index in [0.29, 0.717) is 0 Å². The Morgan fingerprint density at radius 2 is 2.21 bits per heavy atom. The van der Waals surface area contributed by atoms with Gasteiger partial charge < -0.3 is 15.2 Å². The van der Waals surface area contributed by atoms with Gasteiger partial charge in [-0.3, -0.25) is 0 Å². The van der Waals surface area contributed by atoms with E-state index in [0.717, 1.165) is 30.8 Å². The van der Waals surface area contributed by atoms with Gasteiger partial charge >= 0.3 is 0 Å². The molecule has 2 N–H and O–H groups in total. The van der Waals surface area contributed by atoms with Crippen LogP contribution in [0.15, 0.2) is 0 Å². The second-order valence-electron chi connectivity index (χ2n) is 3.73. The molecular formula is C9H17N5. The maximum Gasteiger partial charge on any atom is 0.224 e. The maximum atomic E-state index is 4.11. The summed E-state index contributed by atoms with van der Waals surface area (Å²) in [5.41, 5.74) is 0. The molecule has 1 fully saturated rings. The van der Waals surface area contributed by atoms with Gasteiger partial charge in [0.05, 0.1) is 0 Å². The van der Waals surface area contributed by atoms with Crippen molar-refractivity contribution in [1.29, 1.82) is 0 Å². The van der Waals surface area contributed by atoms with E-state index < -0.39 is 0 Å². The van der Waals surface area contributed by atoms with E-state index in [1.54, 1.807) is 0 Å². The van der Waals surface area contributed by atoms with Crippen LogP contribution in [0.1, 0.15) is 18.7 Å². The zero-order valence-corrected chi connectivity index (χ0v) is 8.75. The molecule has 0 aliphatic heterocycles. The lowest BCUT2D eigenvalue weighted by molar-refractivity contribution is 0.651. The second kappa shape index (κ2) is 3.96. The van der Waals surface area contributed by atoms with Gasteiger partial charge in [0.1, 0.15) is 5.82 Å². The Bertz CT molecular complexity index is 302. The fourth-order valence-electron chi connectivity index (χ4n) is 1.47. The lowest BCUT2D eigenvalue weighted by Gasteiger charge is -2.03. The first kappa shape index (κ1) is 9.45. The van der Waals surface area contributed by atoms with E-state index in [1.807, 2.05) is 18.7 Å². The van der Waals surface area contributed by atoms with Crippen molar-refractivity contribution in [2.75, 3.05) is 18.9 Å². The van der Waals surface area contributed by atoms with Gasteiger partial charge in [-0.25, -0.2) is 0 Å². The average Bonchev–Trinajstić information content (AvgIpc) is 2.93. The molecule has 0 unspecified atom stereocenters. The average molecular weight is 195 g/mol. The van der Waals surface area contributed by atoms with Gasteiger partial charge in [-0.15, -0.1) is 10.2 Å². The van der Waals surface area contributed by atoms with E-state index in [9.17, 15) is 0 Å². The molecule has 14 heavy (non-hydrogen) atoms. The fraction of sp³-hybridized carbons (Fsp3) is 0.778. The van der Waals surface area contributed by atoms with Crippen molar-refractivity contribution in [2.24, 2.45) is 7.05 Å². The molecule has 1 aliphatic carbocycles. The summed E-state index contributed by atoms with van der Waals surface area (Å²) in [6.45, 7) is 1.00. The van der Waals surface area contributed by atoms with Crippen molar-refractivity contribution in [2.45, 2.75) is 25.3 Å². The third-order valence-electron chi connectivity index (χ3n) is 2.55. The molecule has 0 saturated heterocycles. The molecule has 0 spiro atoms. The predicted molar refractivity (Wildman–Crippen MR) is 55.3 cm³/mol. The topological polar surface area (TPSA) is 54.8 Å². The van der Waals surface area contributed by atoms with Crippen molar-refractivity contribution in [3.63, 3.8) is 0 Å². The first-order valence-electron chi connectivity index (χ1n) is 5.10. The number of rotatable bonds is 5. The Morgan fingerprint density at radius 1 is 1.43 bits per heavy atom. The van der Waals surface area contributed by atoms with Gasteiger partial charge in [0.15, 0.2) is 0 Å². The van der Waals surface area contributed by atoms with Crippen LogP contribution in [0.25, 0.3) is 0 Å². The number of aromatic nitrogens is 3. The number of hydrogen-bond acceptors (Lipinski definition) is 4. The number of anilines is 1. The second-order valence-corrected chi connectivity index (χ2v) is 3.73. The molecule has 1 aromatic heterocycles. The Kier molecular flexibility index (Phi) is 2.67. The summed E-state index contributed by atoms with van der Waals surface area (Å²) in [7, 11) is 3.84. The molecule has 5 nitrogen and oxygen atoms in total. The molecule has 0 amide bonds. The number of hydrogen-bond donors (Lipinski definition) is 2. The molecule has 2 rings (SSSR count). The van der Waals surface area contributed by atoms with Crippen LogP contribution in [0.5, 0.6) is 0 Å². The van der Waals surface area contributed by atoms with Crippen LogP contribution in [0.4, 0.5) is 5.95 Å². The lowest BCUT2D eigenvalue weighted by atomic mass is 10.4. The fourth-order valence-corrected chi connectivity index (χ4v) is 1.47. The molecule has 1 saturated carbocycles. The van der Waals surface area contributed by atoms with Gasteiger partial charge in [0.25, 0.3) is 0 Å². The van der Waals surface area contributed by atoms with E-state index in [2.05, 4.69) is 20.8 Å². The van der Waals surface area contributed by atoms with Gasteiger partial charge in [0, 0.05) is 33.1 Å². The summed E-state index contributed by atoms with van der Waals surface area (Å²) in [4.78, 5) is 0. The largest absolute Gasteiger partial charge is 0.357 e. The molecule has 1 aliphatic rings. The molecule has 0 bridgehead atoms. The van der Waals surface area contributed by atoms with E-state index in [-0.39, 0.29) is 0 Å². The van der Waals surface area contributed by atoms with Crippen molar-refractivity contribution < 1.29 is 0 Å².